The second kappa shape index (κ2) is 4.94. The number of carbonyl (C=O) groups excluding carboxylic acids is 1. The molecule has 0 aromatic rings. The fourth-order valence-electron chi connectivity index (χ4n) is 6.93. The Morgan fingerprint density at radius 3 is 2.50 bits per heavy atom. The zero-order valence-electron chi connectivity index (χ0n) is 14.7. The smallest absolute Gasteiger partial charge is 0.336 e. The molecule has 4 aliphatic rings. The number of hydrogen-bond donors (Lipinski definition) is 2. The Kier molecular flexibility index (Phi) is 3.36. The van der Waals surface area contributed by atoms with E-state index in [0.29, 0.717) is 24.7 Å². The SMILES string of the molecule is C[C@]12CCC(=O)C=C1CC[C@@H]1[C@@H]2CC[C@@]2(C)[C@H]1CC[C@]2(O)C(=O)O. The lowest BCUT2D eigenvalue weighted by atomic mass is 9.46. The number of carbonyl (C=O) groups is 2. The minimum atomic E-state index is -1.57. The van der Waals surface area contributed by atoms with Gasteiger partial charge in [-0.2, -0.15) is 0 Å². The van der Waals surface area contributed by atoms with E-state index in [-0.39, 0.29) is 17.1 Å². The van der Waals surface area contributed by atoms with E-state index in [1.165, 1.54) is 5.57 Å². The quantitative estimate of drug-likeness (QED) is 0.772. The lowest BCUT2D eigenvalue weighted by molar-refractivity contribution is -0.181. The molecule has 24 heavy (non-hydrogen) atoms. The molecular weight excluding hydrogens is 304 g/mol. The number of aliphatic carboxylic acids is 1. The first-order chi connectivity index (χ1) is 11.2. The summed E-state index contributed by atoms with van der Waals surface area (Å²) in [4.78, 5) is 23.6. The van der Waals surface area contributed by atoms with Crippen LogP contribution in [0.5, 0.6) is 0 Å². The van der Waals surface area contributed by atoms with Crippen molar-refractivity contribution in [3.8, 4) is 0 Å². The summed E-state index contributed by atoms with van der Waals surface area (Å²) < 4.78 is 0. The molecule has 0 spiro atoms. The van der Waals surface area contributed by atoms with E-state index >= 15 is 0 Å². The lowest BCUT2D eigenvalue weighted by Crippen LogP contribution is -2.57. The summed E-state index contributed by atoms with van der Waals surface area (Å²) in [6, 6.07) is 0. The third-order valence-corrected chi connectivity index (χ3v) is 8.47. The van der Waals surface area contributed by atoms with Crippen LogP contribution in [0.3, 0.4) is 0 Å². The highest BCUT2D eigenvalue weighted by Gasteiger charge is 2.66. The summed E-state index contributed by atoms with van der Waals surface area (Å²) in [6.45, 7) is 4.33. The van der Waals surface area contributed by atoms with Crippen LogP contribution in [-0.2, 0) is 9.59 Å². The van der Waals surface area contributed by atoms with Gasteiger partial charge in [0.2, 0.25) is 0 Å². The fraction of sp³-hybridized carbons (Fsp3) is 0.800. The van der Waals surface area contributed by atoms with Crippen molar-refractivity contribution < 1.29 is 19.8 Å². The Labute approximate surface area is 143 Å². The maximum atomic E-state index is 11.8. The van der Waals surface area contributed by atoms with Crippen LogP contribution in [0, 0.1) is 28.6 Å². The summed E-state index contributed by atoms with van der Waals surface area (Å²) in [5.74, 6) is 0.514. The Morgan fingerprint density at radius 1 is 1.08 bits per heavy atom. The number of ketones is 1. The van der Waals surface area contributed by atoms with Gasteiger partial charge in [-0.3, -0.25) is 4.79 Å². The molecular formula is C20H28O4. The number of rotatable bonds is 1. The van der Waals surface area contributed by atoms with Crippen molar-refractivity contribution in [3.05, 3.63) is 11.6 Å². The van der Waals surface area contributed by atoms with Crippen molar-refractivity contribution in [2.45, 2.75) is 70.8 Å². The van der Waals surface area contributed by atoms with Gasteiger partial charge in [0.15, 0.2) is 11.4 Å². The largest absolute Gasteiger partial charge is 0.479 e. The van der Waals surface area contributed by atoms with Gasteiger partial charge in [0.1, 0.15) is 0 Å². The number of fused-ring (bicyclic) bond motifs is 5. The number of carboxylic acids is 1. The van der Waals surface area contributed by atoms with Crippen LogP contribution in [0.25, 0.3) is 0 Å². The van der Waals surface area contributed by atoms with Gasteiger partial charge in [0, 0.05) is 11.8 Å². The van der Waals surface area contributed by atoms with E-state index in [9.17, 15) is 19.8 Å². The first-order valence-electron chi connectivity index (χ1n) is 9.42. The molecule has 0 bridgehead atoms. The van der Waals surface area contributed by atoms with Crippen molar-refractivity contribution in [3.63, 3.8) is 0 Å². The molecule has 4 rings (SSSR count). The summed E-state index contributed by atoms with van der Waals surface area (Å²) >= 11 is 0. The van der Waals surface area contributed by atoms with Crippen LogP contribution in [0.1, 0.15) is 65.2 Å². The molecule has 0 unspecified atom stereocenters. The second-order valence-electron chi connectivity index (χ2n) is 9.13. The molecule has 0 aromatic heterocycles. The summed E-state index contributed by atoms with van der Waals surface area (Å²) in [7, 11) is 0. The Hall–Kier alpha value is -1.16. The van der Waals surface area contributed by atoms with E-state index in [2.05, 4.69) is 6.92 Å². The van der Waals surface area contributed by atoms with Gasteiger partial charge in [-0.15, -0.1) is 0 Å². The van der Waals surface area contributed by atoms with Crippen molar-refractivity contribution in [2.75, 3.05) is 0 Å². The van der Waals surface area contributed by atoms with Crippen LogP contribution in [-0.4, -0.2) is 27.6 Å². The molecule has 4 nitrogen and oxygen atoms in total. The highest BCUT2D eigenvalue weighted by Crippen LogP contribution is 2.67. The molecule has 4 heteroatoms. The van der Waals surface area contributed by atoms with Crippen LogP contribution in [0.4, 0.5) is 0 Å². The predicted octanol–water partition coefficient (Wildman–Crippen LogP) is 3.33. The van der Waals surface area contributed by atoms with Gasteiger partial charge in [-0.25, -0.2) is 4.79 Å². The van der Waals surface area contributed by atoms with Crippen LogP contribution < -0.4 is 0 Å². The van der Waals surface area contributed by atoms with Gasteiger partial charge in [0.05, 0.1) is 0 Å². The van der Waals surface area contributed by atoms with E-state index in [0.717, 1.165) is 38.5 Å². The number of hydrogen-bond acceptors (Lipinski definition) is 3. The molecule has 4 aliphatic carbocycles. The normalized spacial score (nSPS) is 50.5. The third kappa shape index (κ3) is 1.84. The average molecular weight is 332 g/mol. The molecule has 0 heterocycles. The number of aliphatic hydroxyl groups is 1. The van der Waals surface area contributed by atoms with Gasteiger partial charge >= 0.3 is 5.97 Å². The second-order valence-corrected chi connectivity index (χ2v) is 9.13. The maximum Gasteiger partial charge on any atom is 0.336 e. The molecule has 132 valence electrons. The topological polar surface area (TPSA) is 74.6 Å². The molecule has 3 fully saturated rings. The van der Waals surface area contributed by atoms with Crippen molar-refractivity contribution in [2.24, 2.45) is 28.6 Å². The Bertz CT molecular complexity index is 638. The Morgan fingerprint density at radius 2 is 1.79 bits per heavy atom. The molecule has 0 radical (unpaired) electrons. The van der Waals surface area contributed by atoms with Gasteiger partial charge in [0.25, 0.3) is 0 Å². The number of carboxylic acid groups (broad SMARTS) is 1. The maximum absolute atomic E-state index is 11.8. The van der Waals surface area contributed by atoms with Crippen LogP contribution >= 0.6 is 0 Å². The van der Waals surface area contributed by atoms with E-state index < -0.39 is 17.0 Å². The predicted molar refractivity (Wildman–Crippen MR) is 89.3 cm³/mol. The van der Waals surface area contributed by atoms with Crippen LogP contribution in [0.2, 0.25) is 0 Å². The third-order valence-electron chi connectivity index (χ3n) is 8.47. The summed E-state index contributed by atoms with van der Waals surface area (Å²) in [5.41, 5.74) is -0.651. The minimum absolute atomic E-state index is 0.0993. The summed E-state index contributed by atoms with van der Waals surface area (Å²) in [5, 5.41) is 20.5. The first-order valence-corrected chi connectivity index (χ1v) is 9.42. The molecule has 0 amide bonds. The minimum Gasteiger partial charge on any atom is -0.479 e. The highest BCUT2D eigenvalue weighted by atomic mass is 16.4. The van der Waals surface area contributed by atoms with Gasteiger partial charge in [-0.05, 0) is 74.2 Å². The molecule has 3 saturated carbocycles. The van der Waals surface area contributed by atoms with Crippen molar-refractivity contribution in [1.29, 1.82) is 0 Å². The zero-order valence-corrected chi connectivity index (χ0v) is 14.7. The fourth-order valence-corrected chi connectivity index (χ4v) is 6.93. The standard InChI is InChI=1S/C20H28O4/c1-18-8-5-13(21)11-12(18)3-4-14-15(18)6-9-19(2)16(14)7-10-20(19,24)17(22)23/h11,14-16,24H,3-10H2,1-2H3,(H,22,23)/t14-,15+,16+,18+,19+,20+/m1/s1. The molecule has 0 aromatic carbocycles. The first kappa shape index (κ1) is 16.3. The van der Waals surface area contributed by atoms with Crippen LogP contribution in [0.15, 0.2) is 11.6 Å². The van der Waals surface area contributed by atoms with E-state index in [4.69, 9.17) is 0 Å². The molecule has 0 aliphatic heterocycles. The molecule has 2 N–H and O–H groups in total. The lowest BCUT2D eigenvalue weighted by Gasteiger charge is -2.58. The van der Waals surface area contributed by atoms with Gasteiger partial charge < -0.3 is 10.2 Å². The van der Waals surface area contributed by atoms with Gasteiger partial charge in [-0.1, -0.05) is 19.4 Å². The average Bonchev–Trinajstić information content (AvgIpc) is 2.81. The monoisotopic (exact) mass is 332 g/mol. The Balaban J connectivity index is 1.70. The molecule has 0 saturated heterocycles. The summed E-state index contributed by atoms with van der Waals surface area (Å²) in [6.07, 6.45) is 8.41. The highest BCUT2D eigenvalue weighted by molar-refractivity contribution is 5.91. The zero-order chi connectivity index (χ0) is 17.3. The van der Waals surface area contributed by atoms with Crippen molar-refractivity contribution in [1.82, 2.24) is 0 Å². The van der Waals surface area contributed by atoms with E-state index in [1.54, 1.807) is 0 Å². The molecule has 6 atom stereocenters. The van der Waals surface area contributed by atoms with E-state index in [1.807, 2.05) is 13.0 Å². The van der Waals surface area contributed by atoms with Crippen molar-refractivity contribution >= 4 is 11.8 Å². The number of allylic oxidation sites excluding steroid dienone is 1.